The van der Waals surface area contributed by atoms with Gasteiger partial charge in [0.15, 0.2) is 6.56 Å². The van der Waals surface area contributed by atoms with E-state index in [9.17, 15) is 0 Å². The zero-order valence-electron chi connectivity index (χ0n) is 5.03. The Kier molecular flexibility index (Phi) is 4.41. The van der Waals surface area contributed by atoms with Crippen LogP contribution < -0.4 is 0 Å². The lowest BCUT2D eigenvalue weighted by Gasteiger charge is -1.91. The molecule has 0 radical (unpaired) electrons. The zero-order valence-corrected chi connectivity index (χ0v) is 5.85. The van der Waals surface area contributed by atoms with Gasteiger partial charge in [-0.05, 0) is 6.92 Å². The third-order valence-electron chi connectivity index (χ3n) is 0.553. The van der Waals surface area contributed by atoms with Crippen LogP contribution >= 0.6 is 11.6 Å². The minimum absolute atomic E-state index is 1.12. The molecule has 0 amide bonds. The molecule has 40 valence electrons. The zero-order chi connectivity index (χ0) is 5.70. The van der Waals surface area contributed by atoms with Crippen LogP contribution in [0.15, 0.2) is 12.2 Å². The van der Waals surface area contributed by atoms with Crippen molar-refractivity contribution in [1.82, 2.24) is 0 Å². The Labute approximate surface area is 50.5 Å². The molecule has 0 aromatic carbocycles. The standard InChI is InChI=1S/C5H11BS/c1-5(2)4-7-6-3/h6H,1,4H2,2-3H3. The highest BCUT2D eigenvalue weighted by Crippen LogP contribution is 2.00. The maximum absolute atomic E-state index is 3.77. The summed E-state index contributed by atoms with van der Waals surface area (Å²) in [5.74, 6) is 1.12. The molecule has 0 saturated carbocycles. The maximum atomic E-state index is 3.77. The van der Waals surface area contributed by atoms with Crippen molar-refractivity contribution in [2.24, 2.45) is 0 Å². The molecule has 0 aromatic heterocycles. The lowest BCUT2D eigenvalue weighted by atomic mass is 10.2. The molecular formula is C5H11BS. The van der Waals surface area contributed by atoms with E-state index in [-0.39, 0.29) is 0 Å². The number of hydrogen-bond acceptors (Lipinski definition) is 1. The average Bonchev–Trinajstić information content (AvgIpc) is 1.61. The van der Waals surface area contributed by atoms with E-state index in [0.29, 0.717) is 0 Å². The first-order valence-corrected chi connectivity index (χ1v) is 3.65. The molecule has 0 nitrogen and oxygen atoms in total. The molecule has 0 aliphatic heterocycles. The summed E-state index contributed by atoms with van der Waals surface area (Å²) in [4.78, 5) is 0. The van der Waals surface area contributed by atoms with E-state index in [4.69, 9.17) is 0 Å². The molecule has 0 unspecified atom stereocenters. The molecule has 0 N–H and O–H groups in total. The van der Waals surface area contributed by atoms with Crippen molar-refractivity contribution in [1.29, 1.82) is 0 Å². The van der Waals surface area contributed by atoms with Gasteiger partial charge < -0.3 is 0 Å². The molecule has 0 aromatic rings. The van der Waals surface area contributed by atoms with Crippen molar-refractivity contribution < 1.29 is 0 Å². The summed E-state index contributed by atoms with van der Waals surface area (Å²) in [6, 6.07) is 0. The third-order valence-corrected chi connectivity index (χ3v) is 1.66. The van der Waals surface area contributed by atoms with Crippen LogP contribution in [-0.2, 0) is 0 Å². The van der Waals surface area contributed by atoms with Gasteiger partial charge in [-0.1, -0.05) is 19.0 Å². The fraction of sp³-hybridized carbons (Fsp3) is 0.600. The molecule has 0 rings (SSSR count). The summed E-state index contributed by atoms with van der Waals surface area (Å²) >= 11 is 1.92. The van der Waals surface area contributed by atoms with E-state index < -0.39 is 0 Å². The summed E-state index contributed by atoms with van der Waals surface area (Å²) in [6.45, 7) is 9.19. The predicted octanol–water partition coefficient (Wildman–Crippen LogP) is 1.70. The van der Waals surface area contributed by atoms with Crippen LogP contribution in [0.2, 0.25) is 6.82 Å². The maximum Gasteiger partial charge on any atom is 0.188 e. The Hall–Kier alpha value is 0.155. The van der Waals surface area contributed by atoms with Gasteiger partial charge in [0.05, 0.1) is 0 Å². The van der Waals surface area contributed by atoms with Crippen molar-refractivity contribution in [2.45, 2.75) is 13.7 Å². The average molecular weight is 114 g/mol. The van der Waals surface area contributed by atoms with Crippen molar-refractivity contribution in [2.75, 3.05) is 5.75 Å². The smallest absolute Gasteiger partial charge is 0.188 e. The first-order chi connectivity index (χ1) is 3.27. The number of rotatable bonds is 3. The minimum atomic E-state index is 1.12. The van der Waals surface area contributed by atoms with Crippen molar-refractivity contribution in [3.05, 3.63) is 12.2 Å². The van der Waals surface area contributed by atoms with E-state index in [2.05, 4.69) is 20.3 Å². The molecule has 0 bridgehead atoms. The van der Waals surface area contributed by atoms with Crippen molar-refractivity contribution in [3.8, 4) is 0 Å². The molecular weight excluding hydrogens is 103 g/mol. The van der Waals surface area contributed by atoms with Crippen LogP contribution in [0.3, 0.4) is 0 Å². The first-order valence-electron chi connectivity index (χ1n) is 2.49. The van der Waals surface area contributed by atoms with Crippen LogP contribution in [0, 0.1) is 0 Å². The second-order valence-corrected chi connectivity index (χ2v) is 2.87. The van der Waals surface area contributed by atoms with E-state index in [1.807, 2.05) is 11.6 Å². The lowest BCUT2D eigenvalue weighted by Crippen LogP contribution is -1.79. The van der Waals surface area contributed by atoms with Gasteiger partial charge in [-0.25, -0.2) is 11.6 Å². The molecule has 2 heteroatoms. The van der Waals surface area contributed by atoms with Gasteiger partial charge in [0.25, 0.3) is 0 Å². The van der Waals surface area contributed by atoms with E-state index in [1.54, 1.807) is 0 Å². The Bertz CT molecular complexity index is 61.1. The SMILES string of the molecule is C=C(C)CSBC. The molecule has 0 fully saturated rings. The summed E-state index contributed by atoms with van der Waals surface area (Å²) in [7, 11) is 0. The highest BCUT2D eigenvalue weighted by molar-refractivity contribution is 8.22. The molecule has 0 atom stereocenters. The molecule has 0 heterocycles. The van der Waals surface area contributed by atoms with Crippen LogP contribution in [0.4, 0.5) is 0 Å². The Balaban J connectivity index is 2.82. The van der Waals surface area contributed by atoms with Gasteiger partial charge in [-0.3, -0.25) is 0 Å². The summed E-state index contributed by atoms with van der Waals surface area (Å²) < 4.78 is 0. The van der Waals surface area contributed by atoms with Crippen LogP contribution in [0.25, 0.3) is 0 Å². The quantitative estimate of drug-likeness (QED) is 0.397. The molecule has 0 aliphatic carbocycles. The van der Waals surface area contributed by atoms with E-state index in [0.717, 1.165) is 5.75 Å². The van der Waals surface area contributed by atoms with Gasteiger partial charge >= 0.3 is 0 Å². The fourth-order valence-electron chi connectivity index (χ4n) is 0.276. The van der Waals surface area contributed by atoms with Crippen LogP contribution in [0.5, 0.6) is 0 Å². The van der Waals surface area contributed by atoms with Crippen LogP contribution in [-0.4, -0.2) is 12.3 Å². The van der Waals surface area contributed by atoms with Gasteiger partial charge in [-0.2, -0.15) is 0 Å². The van der Waals surface area contributed by atoms with Gasteiger partial charge in [0.2, 0.25) is 0 Å². The minimum Gasteiger partial charge on any atom is -0.211 e. The van der Waals surface area contributed by atoms with Gasteiger partial charge in [0.1, 0.15) is 0 Å². The molecule has 0 spiro atoms. The highest BCUT2D eigenvalue weighted by atomic mass is 32.2. The van der Waals surface area contributed by atoms with Crippen molar-refractivity contribution >= 4 is 18.2 Å². The Morgan fingerprint density at radius 2 is 2.43 bits per heavy atom. The summed E-state index contributed by atoms with van der Waals surface area (Å²) in [5.41, 5.74) is 1.27. The second kappa shape index (κ2) is 4.32. The fourth-order valence-corrected chi connectivity index (χ4v) is 0.829. The molecule has 0 aliphatic rings. The first kappa shape index (κ1) is 7.15. The summed E-state index contributed by atoms with van der Waals surface area (Å²) in [5, 5.41) is 0. The monoisotopic (exact) mass is 114 g/mol. The van der Waals surface area contributed by atoms with Crippen molar-refractivity contribution in [3.63, 3.8) is 0 Å². The van der Waals surface area contributed by atoms with Gasteiger partial charge in [0, 0.05) is 5.75 Å². The van der Waals surface area contributed by atoms with E-state index in [1.165, 1.54) is 12.1 Å². The Morgan fingerprint density at radius 1 is 1.86 bits per heavy atom. The summed E-state index contributed by atoms with van der Waals surface area (Å²) in [6.07, 6.45) is 0. The van der Waals surface area contributed by atoms with Gasteiger partial charge in [-0.15, -0.1) is 0 Å². The lowest BCUT2D eigenvalue weighted by molar-refractivity contribution is 1.45. The largest absolute Gasteiger partial charge is 0.211 e. The third kappa shape index (κ3) is 6.15. The molecule has 7 heavy (non-hydrogen) atoms. The Morgan fingerprint density at radius 3 is 2.57 bits per heavy atom. The highest BCUT2D eigenvalue weighted by Gasteiger charge is 1.82. The van der Waals surface area contributed by atoms with E-state index >= 15 is 0 Å². The second-order valence-electron chi connectivity index (χ2n) is 1.59. The predicted molar refractivity (Wildman–Crippen MR) is 40.3 cm³/mol. The number of hydrogen-bond donors (Lipinski definition) is 0. The van der Waals surface area contributed by atoms with Crippen LogP contribution in [0.1, 0.15) is 6.92 Å². The topological polar surface area (TPSA) is 0 Å². The molecule has 0 saturated heterocycles. The normalized spacial score (nSPS) is 8.29.